The molecule has 3 heterocycles. The zero-order chi connectivity index (χ0) is 28.7. The van der Waals surface area contributed by atoms with E-state index in [9.17, 15) is 18.0 Å². The predicted octanol–water partition coefficient (Wildman–Crippen LogP) is 6.54. The zero-order valence-electron chi connectivity index (χ0n) is 23.0. The Kier molecular flexibility index (Phi) is 9.35. The molecule has 2 fully saturated rings. The van der Waals surface area contributed by atoms with E-state index < -0.39 is 11.7 Å². The number of halogens is 3. The minimum absolute atomic E-state index is 0. The average molecular weight is 563 g/mol. The fourth-order valence-electron chi connectivity index (χ4n) is 5.75. The molecule has 1 aliphatic carbocycles. The first kappa shape index (κ1) is 28.8. The number of aromatic nitrogens is 2. The van der Waals surface area contributed by atoms with Gasteiger partial charge in [0.05, 0.1) is 11.1 Å². The van der Waals surface area contributed by atoms with E-state index in [1.807, 2.05) is 18.3 Å². The van der Waals surface area contributed by atoms with Crippen molar-refractivity contribution in [2.24, 2.45) is 11.8 Å². The van der Waals surface area contributed by atoms with Gasteiger partial charge >= 0.3 is 6.18 Å². The monoisotopic (exact) mass is 562 g/mol. The molecule has 2 aliphatic rings. The summed E-state index contributed by atoms with van der Waals surface area (Å²) in [5.41, 5.74) is 2.80. The second-order valence-corrected chi connectivity index (χ2v) is 11.2. The van der Waals surface area contributed by atoms with Gasteiger partial charge in [-0.05, 0) is 86.3 Å². The second kappa shape index (κ2) is 13.3. The largest absolute Gasteiger partial charge is 0.416 e. The Balaban J connectivity index is 0.00000405. The highest BCUT2D eigenvalue weighted by molar-refractivity contribution is 5.94. The Bertz CT molecular complexity index is 1360. The molecule has 0 bridgehead atoms. The molecular weight excluding hydrogens is 525 g/mol. The van der Waals surface area contributed by atoms with Crippen molar-refractivity contribution >= 4 is 5.91 Å². The number of piperidine rings is 1. The quantitative estimate of drug-likeness (QED) is 0.347. The third-order valence-corrected chi connectivity index (χ3v) is 8.13. The summed E-state index contributed by atoms with van der Waals surface area (Å²) in [6.07, 6.45) is 9.19. The normalized spacial score (nSPS) is 20.2. The van der Waals surface area contributed by atoms with Crippen LogP contribution in [0.2, 0.25) is 0 Å². The van der Waals surface area contributed by atoms with Crippen LogP contribution in [-0.2, 0) is 19.1 Å². The molecule has 1 aliphatic heterocycles. The molecule has 1 N–H and O–H groups in total. The number of amides is 1. The lowest BCUT2D eigenvalue weighted by atomic mass is 9.79. The highest BCUT2D eigenvalue weighted by atomic mass is 19.4. The molecule has 0 atom stereocenters. The van der Waals surface area contributed by atoms with Gasteiger partial charge in [0.2, 0.25) is 0 Å². The van der Waals surface area contributed by atoms with Gasteiger partial charge in [-0.1, -0.05) is 30.0 Å². The molecule has 1 amide bonds. The Morgan fingerprint density at radius 3 is 2.39 bits per heavy atom. The van der Waals surface area contributed by atoms with Gasteiger partial charge in [0.25, 0.3) is 5.91 Å². The Hall–Kier alpha value is -3.70. The van der Waals surface area contributed by atoms with Gasteiger partial charge in [0.15, 0.2) is 0 Å². The Morgan fingerprint density at radius 2 is 1.71 bits per heavy atom. The van der Waals surface area contributed by atoms with E-state index in [0.717, 1.165) is 75.7 Å². The van der Waals surface area contributed by atoms with Gasteiger partial charge < -0.3 is 5.32 Å². The van der Waals surface area contributed by atoms with Crippen molar-refractivity contribution in [2.75, 3.05) is 13.1 Å². The van der Waals surface area contributed by atoms with Gasteiger partial charge in [0, 0.05) is 63.4 Å². The van der Waals surface area contributed by atoms with Crippen molar-refractivity contribution in [3.8, 4) is 11.8 Å². The highest BCUT2D eigenvalue weighted by Crippen LogP contribution is 2.32. The first-order valence-corrected chi connectivity index (χ1v) is 14.4. The fourth-order valence-corrected chi connectivity index (χ4v) is 5.75. The van der Waals surface area contributed by atoms with Crippen LogP contribution in [0, 0.1) is 23.7 Å². The lowest BCUT2D eigenvalue weighted by Crippen LogP contribution is -2.44. The van der Waals surface area contributed by atoms with Crippen LogP contribution in [0.4, 0.5) is 13.2 Å². The maximum absolute atomic E-state index is 12.9. The van der Waals surface area contributed by atoms with Gasteiger partial charge in [-0.25, -0.2) is 0 Å². The van der Waals surface area contributed by atoms with Crippen LogP contribution in [0.3, 0.4) is 0 Å². The molecule has 216 valence electrons. The second-order valence-electron chi connectivity index (χ2n) is 11.2. The summed E-state index contributed by atoms with van der Waals surface area (Å²) in [7, 11) is 0. The summed E-state index contributed by atoms with van der Waals surface area (Å²) in [5, 5.41) is 3.17. The molecule has 1 aromatic carbocycles. The number of carbonyl (C=O) groups excluding carboxylic acids is 1. The first-order chi connectivity index (χ1) is 19.8. The summed E-state index contributed by atoms with van der Waals surface area (Å²) in [5.74, 6) is 7.19. The summed E-state index contributed by atoms with van der Waals surface area (Å²) in [4.78, 5) is 23.7. The molecule has 3 aromatic rings. The van der Waals surface area contributed by atoms with Crippen molar-refractivity contribution in [1.82, 2.24) is 20.2 Å². The van der Waals surface area contributed by atoms with Crippen LogP contribution < -0.4 is 5.32 Å². The SMILES string of the molecule is O=C(NC1CCN(Cc2cccnc2)CC1)c1cncc(C#CC2CCC(Cc3ccc(C(F)(F)F)cc3)CC2)c1.[HH]. The lowest BCUT2D eigenvalue weighted by molar-refractivity contribution is -0.137. The summed E-state index contributed by atoms with van der Waals surface area (Å²) in [6, 6.07) is 11.5. The van der Waals surface area contributed by atoms with Crippen molar-refractivity contribution in [1.29, 1.82) is 0 Å². The number of pyridine rings is 2. The van der Waals surface area contributed by atoms with Crippen molar-refractivity contribution in [3.05, 3.63) is 95.1 Å². The molecule has 0 radical (unpaired) electrons. The number of nitrogens with one attached hydrogen (secondary N) is 1. The van der Waals surface area contributed by atoms with Crippen molar-refractivity contribution in [3.63, 3.8) is 0 Å². The minimum atomic E-state index is -4.30. The minimum Gasteiger partial charge on any atom is -0.349 e. The predicted molar refractivity (Wildman–Crippen MR) is 154 cm³/mol. The van der Waals surface area contributed by atoms with Crippen molar-refractivity contribution in [2.45, 2.75) is 63.7 Å². The van der Waals surface area contributed by atoms with E-state index in [1.54, 1.807) is 30.7 Å². The molecule has 1 saturated carbocycles. The third-order valence-electron chi connectivity index (χ3n) is 8.13. The van der Waals surface area contributed by atoms with Crippen molar-refractivity contribution < 1.29 is 19.4 Å². The van der Waals surface area contributed by atoms with Gasteiger partial charge in [0.1, 0.15) is 0 Å². The molecular formula is C33H37F3N4O. The molecule has 2 aromatic heterocycles. The number of rotatable bonds is 6. The zero-order valence-corrected chi connectivity index (χ0v) is 23.0. The fraction of sp³-hybridized carbons (Fsp3) is 0.424. The maximum Gasteiger partial charge on any atom is 0.416 e. The average Bonchev–Trinajstić information content (AvgIpc) is 2.98. The summed E-state index contributed by atoms with van der Waals surface area (Å²) >= 11 is 0. The van der Waals surface area contributed by atoms with Crippen LogP contribution in [-0.4, -0.2) is 39.9 Å². The molecule has 0 unspecified atom stereocenters. The third kappa shape index (κ3) is 8.40. The Morgan fingerprint density at radius 1 is 0.951 bits per heavy atom. The molecule has 5 rings (SSSR count). The molecule has 5 nitrogen and oxygen atoms in total. The van der Waals surface area contributed by atoms with Gasteiger partial charge in [-0.2, -0.15) is 13.2 Å². The number of benzene rings is 1. The number of nitrogens with zero attached hydrogens (tertiary/aromatic N) is 3. The standard InChI is InChI=1S/C33H35F3N4O.H2/c34-33(35,36)30-11-9-26(10-12-30)18-25-6-3-24(4-7-25)5-8-27-19-29(22-38-20-27)32(41)39-31-13-16-40(17-14-31)23-28-2-1-15-37-21-28;/h1-2,9-12,15,19-22,24-25,31H,3-4,6-7,13-14,16-18,23H2,(H,39,41);1H. The molecule has 0 spiro atoms. The summed E-state index contributed by atoms with van der Waals surface area (Å²) in [6.45, 7) is 2.73. The van der Waals surface area contributed by atoms with E-state index in [1.165, 1.54) is 17.7 Å². The Labute approximate surface area is 241 Å². The topological polar surface area (TPSA) is 58.1 Å². The van der Waals surface area contributed by atoms with Crippen LogP contribution in [0.1, 0.15) is 72.6 Å². The van der Waals surface area contributed by atoms with Crippen LogP contribution >= 0.6 is 0 Å². The maximum atomic E-state index is 12.9. The molecule has 8 heteroatoms. The lowest BCUT2D eigenvalue weighted by Gasteiger charge is -2.32. The molecule has 1 saturated heterocycles. The van der Waals surface area contributed by atoms with E-state index >= 15 is 0 Å². The first-order valence-electron chi connectivity index (χ1n) is 14.4. The van der Waals surface area contributed by atoms with E-state index in [2.05, 4.69) is 38.1 Å². The summed E-state index contributed by atoms with van der Waals surface area (Å²) < 4.78 is 38.4. The smallest absolute Gasteiger partial charge is 0.349 e. The van der Waals surface area contributed by atoms with E-state index in [0.29, 0.717) is 11.5 Å². The van der Waals surface area contributed by atoms with Crippen LogP contribution in [0.25, 0.3) is 0 Å². The number of hydrogen-bond acceptors (Lipinski definition) is 4. The van der Waals surface area contributed by atoms with Gasteiger partial charge in [-0.15, -0.1) is 0 Å². The van der Waals surface area contributed by atoms with Crippen LogP contribution in [0.5, 0.6) is 0 Å². The van der Waals surface area contributed by atoms with Crippen LogP contribution in [0.15, 0.2) is 67.3 Å². The van der Waals surface area contributed by atoms with Gasteiger partial charge in [-0.3, -0.25) is 19.7 Å². The number of alkyl halides is 3. The number of carbonyl (C=O) groups is 1. The highest BCUT2D eigenvalue weighted by Gasteiger charge is 2.30. The number of likely N-dealkylation sites (tertiary alicyclic amines) is 1. The molecule has 41 heavy (non-hydrogen) atoms. The number of hydrogen-bond donors (Lipinski definition) is 1. The van der Waals surface area contributed by atoms with E-state index in [-0.39, 0.29) is 19.3 Å². The van der Waals surface area contributed by atoms with E-state index in [4.69, 9.17) is 0 Å².